The van der Waals surface area contributed by atoms with Crippen LogP contribution in [0.2, 0.25) is 0 Å². The van der Waals surface area contributed by atoms with Crippen LogP contribution in [-0.4, -0.2) is 61.7 Å². The van der Waals surface area contributed by atoms with E-state index < -0.39 is 0 Å². The second-order valence-corrected chi connectivity index (χ2v) is 6.69. The van der Waals surface area contributed by atoms with Gasteiger partial charge in [0.15, 0.2) is 0 Å². The number of morpholine rings is 1. The van der Waals surface area contributed by atoms with Crippen molar-refractivity contribution < 1.29 is 9.53 Å². The van der Waals surface area contributed by atoms with Crippen LogP contribution < -0.4 is 10.2 Å². The van der Waals surface area contributed by atoms with Gasteiger partial charge in [0.05, 0.1) is 13.2 Å². The summed E-state index contributed by atoms with van der Waals surface area (Å²) in [6.45, 7) is 9.82. The molecule has 1 aromatic heterocycles. The molecular weight excluding hydrogens is 340 g/mol. The Morgan fingerprint density at radius 1 is 1.22 bits per heavy atom. The van der Waals surface area contributed by atoms with Crippen molar-refractivity contribution in [2.45, 2.75) is 13.8 Å². The van der Waals surface area contributed by atoms with Gasteiger partial charge < -0.3 is 15.0 Å². The minimum absolute atomic E-state index is 0.134. The molecule has 1 aliphatic rings. The topological polar surface area (TPSA) is 57.7 Å². The number of aromatic nitrogens is 1. The fourth-order valence-corrected chi connectivity index (χ4v) is 3.26. The van der Waals surface area contributed by atoms with Gasteiger partial charge in [0.25, 0.3) is 5.91 Å². The van der Waals surface area contributed by atoms with E-state index in [0.29, 0.717) is 12.2 Å². The molecule has 144 valence electrons. The number of aryl methyl sites for hydroxylation is 1. The number of pyridine rings is 1. The first-order valence-electron chi connectivity index (χ1n) is 9.56. The van der Waals surface area contributed by atoms with Gasteiger partial charge in [-0.25, -0.2) is 0 Å². The number of nitrogens with one attached hydrogen (secondary N) is 1. The van der Waals surface area contributed by atoms with Crippen molar-refractivity contribution in [1.29, 1.82) is 0 Å². The summed E-state index contributed by atoms with van der Waals surface area (Å²) in [5.74, 6) is -0.134. The predicted molar refractivity (Wildman–Crippen MR) is 108 cm³/mol. The van der Waals surface area contributed by atoms with Crippen LogP contribution in [0.1, 0.15) is 23.0 Å². The molecular formula is C21H28N4O2. The fraction of sp³-hybridized carbons (Fsp3) is 0.429. The highest BCUT2D eigenvalue weighted by atomic mass is 16.5. The van der Waals surface area contributed by atoms with E-state index in [1.54, 1.807) is 6.20 Å². The van der Waals surface area contributed by atoms with E-state index in [4.69, 9.17) is 4.74 Å². The standard InChI is InChI=1S/C21H28N4O2/c1-3-25(18-6-4-5-17(2)15-18)19-7-8-22-20(16-19)21(26)23-9-10-24-11-13-27-14-12-24/h4-8,15-16H,3,9-14H2,1-2H3,(H,23,26). The van der Waals surface area contributed by atoms with E-state index in [1.165, 1.54) is 5.56 Å². The van der Waals surface area contributed by atoms with Crippen LogP contribution in [0.5, 0.6) is 0 Å². The van der Waals surface area contributed by atoms with E-state index in [9.17, 15) is 4.79 Å². The first-order valence-corrected chi connectivity index (χ1v) is 9.56. The number of carbonyl (C=O) groups is 1. The second kappa shape index (κ2) is 9.48. The molecule has 2 aromatic rings. The number of nitrogens with zero attached hydrogens (tertiary/aromatic N) is 3. The van der Waals surface area contributed by atoms with E-state index in [0.717, 1.165) is 50.8 Å². The molecule has 6 heteroatoms. The third-order valence-corrected chi connectivity index (χ3v) is 4.73. The number of amides is 1. The molecule has 1 N–H and O–H groups in total. The number of anilines is 2. The molecule has 0 aliphatic carbocycles. The minimum atomic E-state index is -0.134. The van der Waals surface area contributed by atoms with Crippen LogP contribution in [0.15, 0.2) is 42.6 Å². The average molecular weight is 368 g/mol. The molecule has 0 radical (unpaired) electrons. The molecule has 0 atom stereocenters. The smallest absolute Gasteiger partial charge is 0.269 e. The van der Waals surface area contributed by atoms with Gasteiger partial charge in [0, 0.05) is 50.3 Å². The molecule has 1 fully saturated rings. The summed E-state index contributed by atoms with van der Waals surface area (Å²) in [7, 11) is 0. The molecule has 0 unspecified atom stereocenters. The summed E-state index contributed by atoms with van der Waals surface area (Å²) < 4.78 is 5.34. The van der Waals surface area contributed by atoms with Crippen LogP contribution in [0.3, 0.4) is 0 Å². The second-order valence-electron chi connectivity index (χ2n) is 6.69. The first kappa shape index (κ1) is 19.3. The number of rotatable bonds is 7. The van der Waals surface area contributed by atoms with Gasteiger partial charge >= 0.3 is 0 Å². The van der Waals surface area contributed by atoms with Crippen molar-refractivity contribution >= 4 is 17.3 Å². The lowest BCUT2D eigenvalue weighted by Gasteiger charge is -2.26. The molecule has 3 rings (SSSR count). The molecule has 0 bridgehead atoms. The van der Waals surface area contributed by atoms with Crippen LogP contribution in [-0.2, 0) is 4.74 Å². The fourth-order valence-electron chi connectivity index (χ4n) is 3.26. The monoisotopic (exact) mass is 368 g/mol. The summed E-state index contributed by atoms with van der Waals surface area (Å²) in [5, 5.41) is 2.98. The van der Waals surface area contributed by atoms with E-state index in [-0.39, 0.29) is 5.91 Å². The van der Waals surface area contributed by atoms with Crippen LogP contribution in [0.4, 0.5) is 11.4 Å². The van der Waals surface area contributed by atoms with Crippen molar-refractivity contribution in [3.8, 4) is 0 Å². The first-order chi connectivity index (χ1) is 13.2. The summed E-state index contributed by atoms with van der Waals surface area (Å²) >= 11 is 0. The Kier molecular flexibility index (Phi) is 6.79. The van der Waals surface area contributed by atoms with E-state index in [2.05, 4.69) is 52.1 Å². The van der Waals surface area contributed by atoms with Gasteiger partial charge in [-0.1, -0.05) is 12.1 Å². The molecule has 1 amide bonds. The van der Waals surface area contributed by atoms with Gasteiger partial charge in [-0.2, -0.15) is 0 Å². The van der Waals surface area contributed by atoms with E-state index >= 15 is 0 Å². The van der Waals surface area contributed by atoms with Gasteiger partial charge in [-0.15, -0.1) is 0 Å². The molecule has 0 spiro atoms. The maximum absolute atomic E-state index is 12.5. The highest BCUT2D eigenvalue weighted by Crippen LogP contribution is 2.25. The number of ether oxygens (including phenoxy) is 1. The summed E-state index contributed by atoms with van der Waals surface area (Å²) in [6, 6.07) is 12.2. The average Bonchev–Trinajstić information content (AvgIpc) is 2.70. The Morgan fingerprint density at radius 2 is 2.00 bits per heavy atom. The molecule has 1 saturated heterocycles. The summed E-state index contributed by atoms with van der Waals surface area (Å²) in [4.78, 5) is 21.2. The van der Waals surface area contributed by atoms with Crippen LogP contribution in [0.25, 0.3) is 0 Å². The zero-order valence-electron chi connectivity index (χ0n) is 16.1. The van der Waals surface area contributed by atoms with Crippen molar-refractivity contribution in [1.82, 2.24) is 15.2 Å². The quantitative estimate of drug-likeness (QED) is 0.814. The Morgan fingerprint density at radius 3 is 2.74 bits per heavy atom. The highest BCUT2D eigenvalue weighted by Gasteiger charge is 2.14. The summed E-state index contributed by atoms with van der Waals surface area (Å²) in [6.07, 6.45) is 1.70. The van der Waals surface area contributed by atoms with Gasteiger partial charge in [-0.3, -0.25) is 14.7 Å². The molecule has 1 aliphatic heterocycles. The van der Waals surface area contributed by atoms with E-state index in [1.807, 2.05) is 18.2 Å². The Balaban J connectivity index is 1.64. The number of hydrogen-bond donors (Lipinski definition) is 1. The third-order valence-electron chi connectivity index (χ3n) is 4.73. The molecule has 27 heavy (non-hydrogen) atoms. The van der Waals surface area contributed by atoms with Crippen molar-refractivity contribution in [3.63, 3.8) is 0 Å². The van der Waals surface area contributed by atoms with Crippen LogP contribution >= 0.6 is 0 Å². The van der Waals surface area contributed by atoms with Crippen LogP contribution in [0, 0.1) is 6.92 Å². The maximum atomic E-state index is 12.5. The van der Waals surface area contributed by atoms with Gasteiger partial charge in [-0.05, 0) is 43.7 Å². The number of benzene rings is 1. The number of carbonyl (C=O) groups excluding carboxylic acids is 1. The van der Waals surface area contributed by atoms with Crippen molar-refractivity contribution in [2.75, 3.05) is 50.8 Å². The summed E-state index contributed by atoms with van der Waals surface area (Å²) in [5.41, 5.74) is 3.74. The Bertz CT molecular complexity index is 759. The molecule has 6 nitrogen and oxygen atoms in total. The van der Waals surface area contributed by atoms with Crippen molar-refractivity contribution in [3.05, 3.63) is 53.9 Å². The Hall–Kier alpha value is -2.44. The highest BCUT2D eigenvalue weighted by molar-refractivity contribution is 5.93. The lowest BCUT2D eigenvalue weighted by Crippen LogP contribution is -2.41. The SMILES string of the molecule is CCN(c1cccc(C)c1)c1ccnc(C(=O)NCCN2CCOCC2)c1. The lowest BCUT2D eigenvalue weighted by atomic mass is 10.2. The molecule has 0 saturated carbocycles. The Labute approximate surface area is 161 Å². The third kappa shape index (κ3) is 5.28. The van der Waals surface area contributed by atoms with Crippen molar-refractivity contribution in [2.24, 2.45) is 0 Å². The molecule has 1 aromatic carbocycles. The maximum Gasteiger partial charge on any atom is 0.269 e. The molecule has 2 heterocycles. The lowest BCUT2D eigenvalue weighted by molar-refractivity contribution is 0.0383. The van der Waals surface area contributed by atoms with Gasteiger partial charge in [0.1, 0.15) is 5.69 Å². The largest absolute Gasteiger partial charge is 0.379 e. The normalized spacial score (nSPS) is 14.7. The number of hydrogen-bond acceptors (Lipinski definition) is 5. The zero-order valence-corrected chi connectivity index (χ0v) is 16.1. The predicted octanol–water partition coefficient (Wildman–Crippen LogP) is 2.61. The minimum Gasteiger partial charge on any atom is -0.379 e. The zero-order chi connectivity index (χ0) is 19.1. The van der Waals surface area contributed by atoms with Gasteiger partial charge in [0.2, 0.25) is 0 Å².